The standard InChI is InChI=1S/C14HF27O2/c15-2(16,1(42)43)3(17,18)4(19,20)5(21,22)6(23,24)7(25,26)8(27,28)9(29,30)10(31,32)11(33,34)12(35,36)13(37,38)14(39,40)41/h(H,42,43)/i13+1,14+1. The molecule has 258 valence electrons. The van der Waals surface area contributed by atoms with E-state index in [0.717, 1.165) is 0 Å². The zero-order chi connectivity index (χ0) is 36.1. The number of carboxylic acid groups (broad SMARTS) is 1. The molecule has 0 saturated carbocycles. The van der Waals surface area contributed by atoms with Crippen molar-refractivity contribution in [3.8, 4) is 0 Å². The number of hydrogen-bond acceptors (Lipinski definition) is 1. The van der Waals surface area contributed by atoms with E-state index < -0.39 is 83.2 Å². The van der Waals surface area contributed by atoms with Crippen LogP contribution in [-0.2, 0) is 4.79 Å². The van der Waals surface area contributed by atoms with E-state index in [4.69, 9.17) is 5.11 Å². The van der Waals surface area contributed by atoms with Gasteiger partial charge in [-0.2, -0.15) is 119 Å². The molecule has 29 heteroatoms. The minimum Gasteiger partial charge on any atom is -0.477 e. The summed E-state index contributed by atoms with van der Waals surface area (Å²) in [5.74, 6) is -116. The summed E-state index contributed by atoms with van der Waals surface area (Å²) < 4.78 is 354. The molecule has 0 spiro atoms. The Morgan fingerprint density at radius 1 is 0.279 bits per heavy atom. The first-order valence-corrected chi connectivity index (χ1v) is 8.78. The van der Waals surface area contributed by atoms with Crippen LogP contribution in [0.2, 0.25) is 0 Å². The summed E-state index contributed by atoms with van der Waals surface area (Å²) in [6.45, 7) is 0. The Morgan fingerprint density at radius 3 is 0.558 bits per heavy atom. The molecule has 0 rings (SSSR count). The Hall–Kier alpha value is -2.42. The molecule has 43 heavy (non-hydrogen) atoms. The number of carboxylic acids is 1. The summed E-state index contributed by atoms with van der Waals surface area (Å²) in [5, 5.41) is 7.64. The third-order valence-electron chi connectivity index (χ3n) is 4.96. The zero-order valence-electron chi connectivity index (χ0n) is 18.1. The van der Waals surface area contributed by atoms with E-state index in [1.54, 1.807) is 0 Å². The van der Waals surface area contributed by atoms with Crippen LogP contribution in [0, 0.1) is 0 Å². The van der Waals surface area contributed by atoms with Crippen molar-refractivity contribution in [1.29, 1.82) is 0 Å². The van der Waals surface area contributed by atoms with Crippen molar-refractivity contribution in [2.45, 2.75) is 77.2 Å². The van der Waals surface area contributed by atoms with Gasteiger partial charge in [0.05, 0.1) is 0 Å². The van der Waals surface area contributed by atoms with Crippen LogP contribution < -0.4 is 0 Å². The van der Waals surface area contributed by atoms with Gasteiger partial charge in [0.2, 0.25) is 0 Å². The van der Waals surface area contributed by atoms with Gasteiger partial charge < -0.3 is 5.11 Å². The van der Waals surface area contributed by atoms with Gasteiger partial charge in [-0.05, 0) is 0 Å². The van der Waals surface area contributed by atoms with Gasteiger partial charge in [0.15, 0.2) is 0 Å². The van der Waals surface area contributed by atoms with Crippen molar-refractivity contribution in [2.24, 2.45) is 0 Å². The Balaban J connectivity index is 7.49. The lowest BCUT2D eigenvalue weighted by Crippen LogP contribution is -2.79. The summed E-state index contributed by atoms with van der Waals surface area (Å²) in [6.07, 6.45) is -8.26. The maximum Gasteiger partial charge on any atom is 0.460 e. The fraction of sp³-hybridized carbons (Fsp3) is 0.929. The molecule has 1 N–H and O–H groups in total. The van der Waals surface area contributed by atoms with E-state index in [-0.39, 0.29) is 0 Å². The lowest BCUT2D eigenvalue weighted by Gasteiger charge is -2.45. The molecule has 0 aromatic heterocycles. The average Bonchev–Trinajstić information content (AvgIpc) is 2.76. The van der Waals surface area contributed by atoms with Crippen molar-refractivity contribution in [2.75, 3.05) is 0 Å². The molecule has 0 amide bonds. The van der Waals surface area contributed by atoms with Crippen LogP contribution in [0.5, 0.6) is 0 Å². The van der Waals surface area contributed by atoms with Crippen molar-refractivity contribution >= 4 is 5.97 Å². The summed E-state index contributed by atoms with van der Waals surface area (Å²) >= 11 is 0. The normalized spacial score (nSPS) is 16.9. The summed E-state index contributed by atoms with van der Waals surface area (Å²) in [5.41, 5.74) is 0. The summed E-state index contributed by atoms with van der Waals surface area (Å²) in [7, 11) is 0. The monoisotopic (exact) mass is 716 g/mol. The smallest absolute Gasteiger partial charge is 0.460 e. The highest BCUT2D eigenvalue weighted by atomic mass is 19.5. The molecule has 0 aliphatic rings. The molecule has 0 aliphatic carbocycles. The molecule has 0 saturated heterocycles. The molecule has 0 aromatic rings. The number of carbonyl (C=O) groups is 1. The first kappa shape index (κ1) is 40.6. The minimum atomic E-state index is -9.86. The second-order valence-electron chi connectivity index (χ2n) is 7.70. The summed E-state index contributed by atoms with van der Waals surface area (Å²) in [4.78, 5) is 9.89. The van der Waals surface area contributed by atoms with Gasteiger partial charge in [-0.3, -0.25) is 0 Å². The van der Waals surface area contributed by atoms with E-state index in [1.807, 2.05) is 0 Å². The highest BCUT2D eigenvalue weighted by molar-refractivity contribution is 5.77. The van der Waals surface area contributed by atoms with E-state index in [9.17, 15) is 123 Å². The van der Waals surface area contributed by atoms with Gasteiger partial charge in [0.25, 0.3) is 0 Å². The van der Waals surface area contributed by atoms with Crippen LogP contribution in [0.1, 0.15) is 0 Å². The number of hydrogen-bond donors (Lipinski definition) is 1. The quantitative estimate of drug-likeness (QED) is 0.163. The van der Waals surface area contributed by atoms with Crippen molar-refractivity contribution < 1.29 is 128 Å². The number of aliphatic carboxylic acids is 1. The maximum atomic E-state index is 13.5. The lowest BCUT2D eigenvalue weighted by molar-refractivity contribution is -0.484. The highest BCUT2D eigenvalue weighted by Crippen LogP contribution is 2.68. The van der Waals surface area contributed by atoms with Gasteiger partial charge in [-0.1, -0.05) is 0 Å². The summed E-state index contributed by atoms with van der Waals surface area (Å²) in [6, 6.07) is 0. The maximum absolute atomic E-state index is 13.5. The lowest BCUT2D eigenvalue weighted by atomic mass is 9.85. The molecule has 0 radical (unpaired) electrons. The average molecular weight is 716 g/mol. The third-order valence-corrected chi connectivity index (χ3v) is 4.96. The molecule has 0 heterocycles. The molecule has 0 bridgehead atoms. The van der Waals surface area contributed by atoms with Gasteiger partial charge in [-0.15, -0.1) is 0 Å². The molecule has 0 aromatic carbocycles. The van der Waals surface area contributed by atoms with Crippen molar-refractivity contribution in [3.05, 3.63) is 0 Å². The van der Waals surface area contributed by atoms with Crippen LogP contribution in [0.25, 0.3) is 0 Å². The van der Waals surface area contributed by atoms with Gasteiger partial charge in [0.1, 0.15) is 0 Å². The molecule has 0 fully saturated rings. The van der Waals surface area contributed by atoms with Gasteiger partial charge >= 0.3 is 83.2 Å². The fourth-order valence-corrected chi connectivity index (χ4v) is 2.28. The number of alkyl halides is 27. The van der Waals surface area contributed by atoms with Crippen LogP contribution >= 0.6 is 0 Å². The number of halogens is 27. The molecule has 0 aliphatic heterocycles. The van der Waals surface area contributed by atoms with E-state index >= 15 is 0 Å². The molecule has 0 unspecified atom stereocenters. The Kier molecular flexibility index (Phi) is 9.00. The van der Waals surface area contributed by atoms with E-state index in [2.05, 4.69) is 0 Å². The first-order valence-electron chi connectivity index (χ1n) is 8.78. The van der Waals surface area contributed by atoms with Crippen LogP contribution in [0.4, 0.5) is 119 Å². The second kappa shape index (κ2) is 9.54. The predicted octanol–water partition coefficient (Wildman–Crippen LogP) is 8.26. The minimum absolute atomic E-state index is 4.72. The molecular weight excluding hydrogens is 715 g/mol. The second-order valence-corrected chi connectivity index (χ2v) is 7.70. The zero-order valence-corrected chi connectivity index (χ0v) is 18.1. The Labute approximate surface area is 213 Å². The van der Waals surface area contributed by atoms with Gasteiger partial charge in [-0.25, -0.2) is 4.79 Å². The highest BCUT2D eigenvalue weighted by Gasteiger charge is 3.00. The largest absolute Gasteiger partial charge is 0.477 e. The fourth-order valence-electron chi connectivity index (χ4n) is 2.28. The first-order chi connectivity index (χ1) is 17.9. The Bertz CT molecular complexity index is 1060. The molecule has 0 atom stereocenters. The third kappa shape index (κ3) is 4.49. The van der Waals surface area contributed by atoms with Crippen molar-refractivity contribution in [1.82, 2.24) is 0 Å². The Morgan fingerprint density at radius 2 is 0.419 bits per heavy atom. The van der Waals surface area contributed by atoms with Crippen LogP contribution in [-0.4, -0.2) is 88.3 Å². The van der Waals surface area contributed by atoms with E-state index in [1.165, 1.54) is 0 Å². The SMILES string of the molecule is O=C(O)C(F)(F)C(F)(F)C(F)(F)C(F)(F)C(F)(F)C(F)(F)C(F)(F)C(F)(F)C(F)(F)C(F)(F)C(F)(F)[13C](F)(F)[13C](F)(F)F. The van der Waals surface area contributed by atoms with Crippen molar-refractivity contribution in [3.63, 3.8) is 0 Å². The molecule has 2 nitrogen and oxygen atoms in total. The van der Waals surface area contributed by atoms with Crippen LogP contribution in [0.15, 0.2) is 0 Å². The topological polar surface area (TPSA) is 37.3 Å². The van der Waals surface area contributed by atoms with Crippen LogP contribution in [0.3, 0.4) is 0 Å². The predicted molar refractivity (Wildman–Crippen MR) is 73.1 cm³/mol. The molecular formula is C14HF27O2. The number of rotatable bonds is 12. The van der Waals surface area contributed by atoms with E-state index in [0.29, 0.717) is 0 Å². The van der Waals surface area contributed by atoms with Gasteiger partial charge in [0, 0.05) is 0 Å².